The highest BCUT2D eigenvalue weighted by atomic mass is 16.6. The number of hydroxylamine groups is 2. The fraction of sp³-hybridized carbons (Fsp3) is 0.623. The van der Waals surface area contributed by atoms with E-state index in [1.165, 1.54) is 5.06 Å². The van der Waals surface area contributed by atoms with Crippen LogP contribution in [0.3, 0.4) is 0 Å². The molecule has 2 fully saturated rings. The molecule has 2 aliphatic rings. The second-order valence-corrected chi connectivity index (χ2v) is 21.7. The Bertz CT molecular complexity index is 2020. The van der Waals surface area contributed by atoms with Crippen molar-refractivity contribution in [3.63, 3.8) is 0 Å². The van der Waals surface area contributed by atoms with E-state index in [9.17, 15) is 34.0 Å². The Morgan fingerprint density at radius 3 is 2.00 bits per heavy atom. The van der Waals surface area contributed by atoms with E-state index in [1.54, 1.807) is 39.5 Å². The van der Waals surface area contributed by atoms with Gasteiger partial charge in [0.15, 0.2) is 0 Å². The molecule has 2 aromatic carbocycles. The van der Waals surface area contributed by atoms with Gasteiger partial charge in [-0.3, -0.25) is 19.2 Å². The SMILES string of the molecule is CC(C)CC(C=CC(Cc1ccccc1)C(=O)N1CCCC1C(=O)NC(C(=O)NC(CCCNC(=O)OCc1ccccc1)C(=O)NC1CC(C)(C)N(O)C(C)(C)C1)C(C)C)NC(=O)OC(C)(C)C. The molecule has 2 saturated heterocycles. The molecule has 0 aliphatic carbocycles. The minimum Gasteiger partial charge on any atom is -0.445 e. The van der Waals surface area contributed by atoms with Gasteiger partial charge in [0, 0.05) is 30.2 Å². The van der Waals surface area contributed by atoms with E-state index in [4.69, 9.17) is 9.47 Å². The number of rotatable bonds is 21. The van der Waals surface area contributed by atoms with Gasteiger partial charge in [-0.25, -0.2) is 9.59 Å². The smallest absolute Gasteiger partial charge is 0.408 e. The van der Waals surface area contributed by atoms with E-state index in [-0.39, 0.29) is 37.4 Å². The molecule has 69 heavy (non-hydrogen) atoms. The molecular weight excluding hydrogens is 879 g/mol. The minimum atomic E-state index is -1.05. The normalized spacial score (nSPS) is 19.0. The van der Waals surface area contributed by atoms with Crippen LogP contribution in [-0.2, 0) is 41.7 Å². The number of hydrogen-bond donors (Lipinski definition) is 6. The zero-order valence-electron chi connectivity index (χ0n) is 42.9. The van der Waals surface area contributed by atoms with Crippen LogP contribution < -0.4 is 26.6 Å². The number of hydrogen-bond acceptors (Lipinski definition) is 10. The van der Waals surface area contributed by atoms with E-state index in [1.807, 2.05) is 114 Å². The summed E-state index contributed by atoms with van der Waals surface area (Å²) in [5.41, 5.74) is -0.199. The Kier molecular flexibility index (Phi) is 20.7. The molecule has 6 amide bonds. The van der Waals surface area contributed by atoms with Crippen LogP contribution >= 0.6 is 0 Å². The summed E-state index contributed by atoms with van der Waals surface area (Å²) >= 11 is 0. The van der Waals surface area contributed by atoms with Crippen molar-refractivity contribution in [1.82, 2.24) is 36.5 Å². The lowest BCUT2D eigenvalue weighted by molar-refractivity contribution is -0.246. The maximum Gasteiger partial charge on any atom is 0.408 e. The minimum absolute atomic E-state index is 0.0987. The summed E-state index contributed by atoms with van der Waals surface area (Å²) in [5.74, 6) is -2.54. The summed E-state index contributed by atoms with van der Waals surface area (Å²) in [5, 5.41) is 26.9. The number of likely N-dealkylation sites (tertiary alicyclic amines) is 1. The van der Waals surface area contributed by atoms with Crippen molar-refractivity contribution in [3.8, 4) is 0 Å². The fourth-order valence-electron chi connectivity index (χ4n) is 9.30. The van der Waals surface area contributed by atoms with Crippen molar-refractivity contribution in [1.29, 1.82) is 0 Å². The zero-order valence-corrected chi connectivity index (χ0v) is 42.9. The largest absolute Gasteiger partial charge is 0.445 e. The number of nitrogens with zero attached hydrogens (tertiary/aromatic N) is 2. The molecule has 0 saturated carbocycles. The fourth-order valence-corrected chi connectivity index (χ4v) is 9.30. The van der Waals surface area contributed by atoms with Crippen LogP contribution in [0.25, 0.3) is 0 Å². The van der Waals surface area contributed by atoms with Gasteiger partial charge in [-0.15, -0.1) is 0 Å². The first-order chi connectivity index (χ1) is 32.3. The third kappa shape index (κ3) is 18.1. The van der Waals surface area contributed by atoms with Crippen molar-refractivity contribution >= 4 is 35.8 Å². The van der Waals surface area contributed by atoms with Gasteiger partial charge in [-0.1, -0.05) is 101 Å². The third-order valence-corrected chi connectivity index (χ3v) is 12.5. The molecule has 0 aromatic heterocycles. The maximum atomic E-state index is 14.6. The highest BCUT2D eigenvalue weighted by molar-refractivity contribution is 5.95. The first kappa shape index (κ1) is 56.1. The van der Waals surface area contributed by atoms with Crippen molar-refractivity contribution in [2.45, 2.75) is 181 Å². The van der Waals surface area contributed by atoms with E-state index in [2.05, 4.69) is 26.6 Å². The molecule has 0 bridgehead atoms. The van der Waals surface area contributed by atoms with Gasteiger partial charge in [-0.05, 0) is 123 Å². The van der Waals surface area contributed by atoms with Crippen molar-refractivity contribution in [2.24, 2.45) is 17.8 Å². The molecule has 16 nitrogen and oxygen atoms in total. The van der Waals surface area contributed by atoms with E-state index < -0.39 is 82.6 Å². The van der Waals surface area contributed by atoms with E-state index in [0.29, 0.717) is 51.5 Å². The van der Waals surface area contributed by atoms with Crippen molar-refractivity contribution < 1.29 is 43.4 Å². The standard InChI is InChI=1S/C53H81N7O9/c1-35(2)30-40(56-50(66)69-51(5,6)7)27-26-39(31-37-20-14-12-15-21-37)48(64)59-29-19-25-43(59)46(62)58-44(36(3)4)47(63)57-42(24-18-28-54-49(65)68-34-38-22-16-13-17-23-38)45(61)55-41-32-52(8,9)60(67)53(10,11)33-41/h12-17,20-23,26-27,35-36,39-44,67H,18-19,24-25,28-34H2,1-11H3,(H,54,65)(H,55,61)(H,56,66)(H,57,63)(H,58,62). The van der Waals surface area contributed by atoms with Gasteiger partial charge >= 0.3 is 12.2 Å². The monoisotopic (exact) mass is 960 g/mol. The van der Waals surface area contributed by atoms with Gasteiger partial charge in [0.25, 0.3) is 0 Å². The van der Waals surface area contributed by atoms with Crippen molar-refractivity contribution in [2.75, 3.05) is 13.1 Å². The Hall–Kier alpha value is -5.48. The first-order valence-electron chi connectivity index (χ1n) is 24.7. The maximum absolute atomic E-state index is 14.6. The number of piperidine rings is 1. The van der Waals surface area contributed by atoms with E-state index in [0.717, 1.165) is 11.1 Å². The van der Waals surface area contributed by atoms with Crippen LogP contribution in [0, 0.1) is 17.8 Å². The van der Waals surface area contributed by atoms with Crippen LogP contribution in [-0.4, -0.2) is 111 Å². The highest BCUT2D eigenvalue weighted by Gasteiger charge is 2.46. The summed E-state index contributed by atoms with van der Waals surface area (Å²) in [6, 6.07) is 15.2. The molecule has 6 N–H and O–H groups in total. The number of amides is 6. The van der Waals surface area contributed by atoms with Gasteiger partial charge in [-0.2, -0.15) is 5.06 Å². The van der Waals surface area contributed by atoms with E-state index >= 15 is 0 Å². The molecule has 16 heteroatoms. The summed E-state index contributed by atoms with van der Waals surface area (Å²) < 4.78 is 10.9. The summed E-state index contributed by atoms with van der Waals surface area (Å²) in [4.78, 5) is 84.3. The lowest BCUT2D eigenvalue weighted by atomic mass is 9.79. The molecule has 5 unspecified atom stereocenters. The molecule has 2 aliphatic heterocycles. The zero-order chi connectivity index (χ0) is 51.1. The second-order valence-electron chi connectivity index (χ2n) is 21.7. The number of ether oxygens (including phenoxy) is 2. The van der Waals surface area contributed by atoms with Crippen molar-refractivity contribution in [3.05, 3.63) is 83.9 Å². The topological polar surface area (TPSA) is 208 Å². The molecule has 5 atom stereocenters. The van der Waals surface area contributed by atoms with Crippen LogP contribution in [0.15, 0.2) is 72.8 Å². The predicted molar refractivity (Wildman–Crippen MR) is 266 cm³/mol. The Morgan fingerprint density at radius 2 is 1.42 bits per heavy atom. The van der Waals surface area contributed by atoms with Crippen LogP contribution in [0.2, 0.25) is 0 Å². The summed E-state index contributed by atoms with van der Waals surface area (Å²) in [7, 11) is 0. The third-order valence-electron chi connectivity index (χ3n) is 12.5. The van der Waals surface area contributed by atoms with Gasteiger partial charge in [0.1, 0.15) is 30.3 Å². The molecule has 0 radical (unpaired) electrons. The highest BCUT2D eigenvalue weighted by Crippen LogP contribution is 2.36. The second kappa shape index (κ2) is 25.4. The summed E-state index contributed by atoms with van der Waals surface area (Å²) in [6.07, 6.45) is 5.84. The first-order valence-corrected chi connectivity index (χ1v) is 24.7. The van der Waals surface area contributed by atoms with Crippen LogP contribution in [0.4, 0.5) is 9.59 Å². The Labute approximate surface area is 410 Å². The van der Waals surface area contributed by atoms with Crippen LogP contribution in [0.1, 0.15) is 132 Å². The Morgan fingerprint density at radius 1 is 0.812 bits per heavy atom. The predicted octanol–water partition coefficient (Wildman–Crippen LogP) is 7.19. The quantitative estimate of drug-likeness (QED) is 0.0548. The lowest BCUT2D eigenvalue weighted by Crippen LogP contribution is -2.64. The lowest BCUT2D eigenvalue weighted by Gasteiger charge is -2.51. The average molecular weight is 960 g/mol. The molecule has 0 spiro atoms. The number of nitrogens with one attached hydrogen (secondary N) is 5. The number of alkyl carbamates (subject to hydrolysis) is 2. The summed E-state index contributed by atoms with van der Waals surface area (Å²) in [6.45, 7) is 21.3. The molecule has 4 rings (SSSR count). The number of carbonyl (C=O) groups is 6. The Balaban J connectivity index is 1.50. The average Bonchev–Trinajstić information content (AvgIpc) is 3.76. The van der Waals surface area contributed by atoms with Gasteiger partial charge < -0.3 is 46.2 Å². The number of carbonyl (C=O) groups excluding carboxylic acids is 6. The molecular formula is C53H81N7O9. The molecule has 2 aromatic rings. The molecule has 2 heterocycles. The van der Waals surface area contributed by atoms with Crippen LogP contribution in [0.5, 0.6) is 0 Å². The van der Waals surface area contributed by atoms with Gasteiger partial charge in [0.05, 0.1) is 12.0 Å². The number of benzene rings is 2. The van der Waals surface area contributed by atoms with Gasteiger partial charge in [0.2, 0.25) is 23.6 Å². The molecule has 382 valence electrons.